The molecule has 0 unspecified atom stereocenters. The van der Waals surface area contributed by atoms with Gasteiger partial charge in [0.05, 0.1) is 13.2 Å². The van der Waals surface area contributed by atoms with Crippen LogP contribution in [0.15, 0.2) is 0 Å². The number of rotatable bonds is 3. The molecule has 0 radical (unpaired) electrons. The molecule has 16 heavy (non-hydrogen) atoms. The average molecular weight is 248 g/mol. The predicted molar refractivity (Wildman–Crippen MR) is 55.4 cm³/mol. The van der Waals surface area contributed by atoms with Crippen LogP contribution in [0.2, 0.25) is 0 Å². The smallest absolute Gasteiger partial charge is 0.363 e. The number of esters is 1. The van der Waals surface area contributed by atoms with Gasteiger partial charge in [0.25, 0.3) is 0 Å². The molecular weight excluding hydrogens is 230 g/mol. The molecule has 0 spiro atoms. The lowest BCUT2D eigenvalue weighted by atomic mass is 10.1. The quantitative estimate of drug-likeness (QED) is 0.407. The van der Waals surface area contributed by atoms with Gasteiger partial charge in [0.2, 0.25) is 0 Å². The van der Waals surface area contributed by atoms with Crippen LogP contribution >= 0.6 is 0 Å². The molecule has 0 saturated carbocycles. The van der Waals surface area contributed by atoms with Crippen molar-refractivity contribution in [2.75, 3.05) is 32.8 Å². The molecule has 4 nitrogen and oxygen atoms in total. The second kappa shape index (κ2) is 6.74. The summed E-state index contributed by atoms with van der Waals surface area (Å²) in [5.74, 6) is 2.19. The zero-order valence-electron chi connectivity index (χ0n) is 9.72. The summed E-state index contributed by atoms with van der Waals surface area (Å²) in [4.78, 5) is 12.7. The molecule has 1 aliphatic rings. The van der Waals surface area contributed by atoms with Crippen molar-refractivity contribution in [2.45, 2.75) is 19.4 Å². The predicted octanol–water partition coefficient (Wildman–Crippen LogP) is -4.14. The Hall–Kier alpha value is -0.760. The second-order valence-corrected chi connectivity index (χ2v) is 4.17. The fraction of sp³-hybridized carbons (Fsp3) is 0.727. The van der Waals surface area contributed by atoms with E-state index in [2.05, 4.69) is 5.92 Å². The van der Waals surface area contributed by atoms with Crippen molar-refractivity contribution >= 4 is 5.97 Å². The highest BCUT2D eigenvalue weighted by Crippen LogP contribution is 2.05. The van der Waals surface area contributed by atoms with Crippen LogP contribution in [0, 0.1) is 12.3 Å². The molecule has 1 saturated heterocycles. The van der Waals surface area contributed by atoms with Gasteiger partial charge in [-0.05, 0) is 13.8 Å². The molecule has 92 valence electrons. The molecule has 0 bridgehead atoms. The highest BCUT2D eigenvalue weighted by molar-refractivity contribution is 5.71. The molecule has 0 aromatic carbocycles. The summed E-state index contributed by atoms with van der Waals surface area (Å²) in [5.41, 5.74) is -0.803. The van der Waals surface area contributed by atoms with Crippen molar-refractivity contribution in [3.05, 3.63) is 0 Å². The van der Waals surface area contributed by atoms with Gasteiger partial charge in [0.15, 0.2) is 12.1 Å². The summed E-state index contributed by atoms with van der Waals surface area (Å²) in [5, 5.41) is 0. The minimum absolute atomic E-state index is 0. The number of quaternary nitrogens is 1. The summed E-state index contributed by atoms with van der Waals surface area (Å²) in [6.07, 6.45) is 5.23. The lowest BCUT2D eigenvalue weighted by Crippen LogP contribution is -3.15. The van der Waals surface area contributed by atoms with E-state index in [1.54, 1.807) is 13.8 Å². The summed E-state index contributed by atoms with van der Waals surface area (Å²) in [6.45, 7) is 6.91. The van der Waals surface area contributed by atoms with Crippen LogP contribution in [0.4, 0.5) is 0 Å². The fourth-order valence-corrected chi connectivity index (χ4v) is 1.39. The maximum Gasteiger partial charge on any atom is 0.363 e. The topological polar surface area (TPSA) is 40.0 Å². The molecule has 0 aromatic rings. The lowest BCUT2D eigenvalue weighted by Gasteiger charge is -2.24. The maximum atomic E-state index is 11.5. The first-order valence-electron chi connectivity index (χ1n) is 5.14. The third-order valence-electron chi connectivity index (χ3n) is 2.31. The molecule has 1 N–H and O–H groups in total. The van der Waals surface area contributed by atoms with Crippen LogP contribution in [0.5, 0.6) is 0 Å². The average Bonchev–Trinajstić information content (AvgIpc) is 2.18. The van der Waals surface area contributed by atoms with Crippen molar-refractivity contribution in [2.24, 2.45) is 0 Å². The first kappa shape index (κ1) is 15.2. The number of nitrogens with one attached hydrogen (secondary N) is 1. The second-order valence-electron chi connectivity index (χ2n) is 4.17. The molecule has 5 heteroatoms. The molecule has 0 amide bonds. The van der Waals surface area contributed by atoms with E-state index in [1.165, 1.54) is 4.90 Å². The minimum atomic E-state index is -0.803. The Kier molecular flexibility index (Phi) is 6.42. The maximum absolute atomic E-state index is 11.5. The number of terminal acetylenes is 1. The van der Waals surface area contributed by atoms with Crippen LogP contribution in [-0.4, -0.2) is 44.4 Å². The molecule has 0 aliphatic carbocycles. The summed E-state index contributed by atoms with van der Waals surface area (Å²) in [7, 11) is 0. The summed E-state index contributed by atoms with van der Waals surface area (Å²) < 4.78 is 10.4. The van der Waals surface area contributed by atoms with Gasteiger partial charge in [-0.25, -0.2) is 4.79 Å². The van der Waals surface area contributed by atoms with Gasteiger partial charge in [-0.1, -0.05) is 5.92 Å². The Bertz CT molecular complexity index is 267. The molecule has 0 atom stereocenters. The van der Waals surface area contributed by atoms with Gasteiger partial charge < -0.3 is 26.8 Å². The van der Waals surface area contributed by atoms with E-state index < -0.39 is 5.60 Å². The monoisotopic (exact) mass is 247 g/mol. The van der Waals surface area contributed by atoms with Gasteiger partial charge in [0.1, 0.15) is 13.1 Å². The third-order valence-corrected chi connectivity index (χ3v) is 2.31. The Morgan fingerprint density at radius 3 is 2.56 bits per heavy atom. The number of carbonyl (C=O) groups is 1. The van der Waals surface area contributed by atoms with E-state index in [0.29, 0.717) is 19.8 Å². The Morgan fingerprint density at radius 2 is 2.06 bits per heavy atom. The Balaban J connectivity index is 0.00000225. The number of hydrogen-bond donors (Lipinski definition) is 1. The van der Waals surface area contributed by atoms with E-state index in [-0.39, 0.29) is 18.4 Å². The largest absolute Gasteiger partial charge is 1.00 e. The van der Waals surface area contributed by atoms with Crippen LogP contribution in [0.3, 0.4) is 0 Å². The highest BCUT2D eigenvalue weighted by atomic mass is 35.5. The Morgan fingerprint density at radius 1 is 1.50 bits per heavy atom. The molecule has 0 aromatic heterocycles. The molecule has 1 fully saturated rings. The first-order valence-corrected chi connectivity index (χ1v) is 5.14. The highest BCUT2D eigenvalue weighted by Gasteiger charge is 2.24. The van der Waals surface area contributed by atoms with Crippen LogP contribution < -0.4 is 17.3 Å². The standard InChI is InChI=1S/C11H17NO3.ClH/c1-4-11(2,3)15-10(13)9-12-5-7-14-8-6-12;/h1H,5-9H2,2-3H3;1H. The third kappa shape index (κ3) is 5.36. The lowest BCUT2D eigenvalue weighted by molar-refractivity contribution is -0.900. The van der Waals surface area contributed by atoms with Gasteiger partial charge in [-0.3, -0.25) is 0 Å². The van der Waals surface area contributed by atoms with E-state index in [1.807, 2.05) is 0 Å². The van der Waals surface area contributed by atoms with Crippen molar-refractivity contribution in [1.82, 2.24) is 0 Å². The normalized spacial score (nSPS) is 17.1. The zero-order valence-corrected chi connectivity index (χ0v) is 10.5. The summed E-state index contributed by atoms with van der Waals surface area (Å²) in [6, 6.07) is 0. The number of carbonyl (C=O) groups excluding carboxylic acids is 1. The van der Waals surface area contributed by atoms with Crippen LogP contribution in [-0.2, 0) is 14.3 Å². The van der Waals surface area contributed by atoms with E-state index >= 15 is 0 Å². The van der Waals surface area contributed by atoms with Crippen LogP contribution in [0.25, 0.3) is 0 Å². The van der Waals surface area contributed by atoms with Gasteiger partial charge >= 0.3 is 5.97 Å². The van der Waals surface area contributed by atoms with Crippen molar-refractivity contribution < 1.29 is 31.6 Å². The molecule has 1 aliphatic heterocycles. The van der Waals surface area contributed by atoms with E-state index in [4.69, 9.17) is 15.9 Å². The first-order chi connectivity index (χ1) is 7.03. The molecular formula is C11H18ClNO3. The van der Waals surface area contributed by atoms with Crippen molar-refractivity contribution in [3.8, 4) is 12.3 Å². The number of hydrogen-bond acceptors (Lipinski definition) is 3. The molecule has 1 rings (SSSR count). The van der Waals surface area contributed by atoms with Crippen molar-refractivity contribution in [3.63, 3.8) is 0 Å². The number of morpholine rings is 1. The van der Waals surface area contributed by atoms with E-state index in [0.717, 1.165) is 13.1 Å². The zero-order chi connectivity index (χ0) is 11.3. The number of halogens is 1. The van der Waals surface area contributed by atoms with E-state index in [9.17, 15) is 4.79 Å². The fourth-order valence-electron chi connectivity index (χ4n) is 1.39. The summed E-state index contributed by atoms with van der Waals surface area (Å²) >= 11 is 0. The van der Waals surface area contributed by atoms with Crippen LogP contribution in [0.1, 0.15) is 13.8 Å². The van der Waals surface area contributed by atoms with Crippen molar-refractivity contribution in [1.29, 1.82) is 0 Å². The van der Waals surface area contributed by atoms with Gasteiger partial charge in [-0.15, -0.1) is 6.42 Å². The van der Waals surface area contributed by atoms with Gasteiger partial charge in [0, 0.05) is 0 Å². The Labute approximate surface area is 103 Å². The molecule has 1 heterocycles. The minimum Gasteiger partial charge on any atom is -1.00 e. The number of ether oxygens (including phenoxy) is 2. The SMILES string of the molecule is C#CC(C)(C)OC(=O)C[NH+]1CCOCC1.[Cl-]. The van der Waals surface area contributed by atoms with Gasteiger partial charge in [-0.2, -0.15) is 0 Å².